The molecule has 0 spiro atoms. The van der Waals surface area contributed by atoms with E-state index in [1.807, 2.05) is 35.7 Å². The number of nitrogens with zero attached hydrogens (tertiary/aromatic N) is 1. The van der Waals surface area contributed by atoms with Crippen molar-refractivity contribution >= 4 is 40.4 Å². The van der Waals surface area contributed by atoms with Gasteiger partial charge in [0, 0.05) is 28.4 Å². The normalized spacial score (nSPS) is 16.2. The molecule has 2 amide bonds. The molecule has 158 valence electrons. The molecule has 0 radical (unpaired) electrons. The fourth-order valence-corrected chi connectivity index (χ4v) is 4.14. The summed E-state index contributed by atoms with van der Waals surface area (Å²) in [5.41, 5.74) is 8.47. The molecular weight excluding hydrogens is 412 g/mol. The Morgan fingerprint density at radius 3 is 2.55 bits per heavy atom. The van der Waals surface area contributed by atoms with Gasteiger partial charge in [0.25, 0.3) is 5.91 Å². The summed E-state index contributed by atoms with van der Waals surface area (Å²) in [4.78, 5) is 28.2. The van der Waals surface area contributed by atoms with Crippen molar-refractivity contribution < 1.29 is 14.3 Å². The number of nitrogen functional groups attached to an aromatic ring is 1. The van der Waals surface area contributed by atoms with Gasteiger partial charge in [-0.1, -0.05) is 18.2 Å². The maximum atomic E-state index is 12.9. The van der Waals surface area contributed by atoms with Crippen LogP contribution in [0.15, 0.2) is 66.0 Å². The maximum absolute atomic E-state index is 12.9. The molecule has 7 nitrogen and oxygen atoms in total. The predicted octanol–water partition coefficient (Wildman–Crippen LogP) is 3.46. The van der Waals surface area contributed by atoms with Crippen LogP contribution in [0.5, 0.6) is 0 Å². The molecule has 1 aliphatic rings. The zero-order valence-electron chi connectivity index (χ0n) is 16.7. The lowest BCUT2D eigenvalue weighted by Gasteiger charge is -2.32. The van der Waals surface area contributed by atoms with Crippen molar-refractivity contribution in [1.82, 2.24) is 0 Å². The number of amidine groups is 1. The molecule has 0 unspecified atom stereocenters. The lowest BCUT2D eigenvalue weighted by molar-refractivity contribution is -0.137. The minimum atomic E-state index is -0.831. The summed E-state index contributed by atoms with van der Waals surface area (Å²) in [6.07, 6.45) is -0.904. The van der Waals surface area contributed by atoms with E-state index in [0.29, 0.717) is 24.4 Å². The van der Waals surface area contributed by atoms with Crippen LogP contribution in [-0.4, -0.2) is 36.9 Å². The molecule has 0 bridgehead atoms. The zero-order valence-corrected chi connectivity index (χ0v) is 17.5. The van der Waals surface area contributed by atoms with Crippen molar-refractivity contribution in [3.05, 3.63) is 71.6 Å². The summed E-state index contributed by atoms with van der Waals surface area (Å²) < 4.78 is 5.59. The monoisotopic (exact) mass is 434 g/mol. The summed E-state index contributed by atoms with van der Waals surface area (Å²) in [7, 11) is 0. The summed E-state index contributed by atoms with van der Waals surface area (Å²) in [6, 6.07) is 18.5. The van der Waals surface area contributed by atoms with Gasteiger partial charge in [0.1, 0.15) is 11.9 Å². The third kappa shape index (κ3) is 4.82. The number of nitrogens with one attached hydrogen (secondary N) is 2. The molecule has 1 aromatic heterocycles. The predicted molar refractivity (Wildman–Crippen MR) is 123 cm³/mol. The molecule has 1 fully saturated rings. The van der Waals surface area contributed by atoms with Crippen LogP contribution >= 0.6 is 11.3 Å². The van der Waals surface area contributed by atoms with Crippen LogP contribution < -0.4 is 16.0 Å². The van der Waals surface area contributed by atoms with E-state index in [1.54, 1.807) is 40.5 Å². The van der Waals surface area contributed by atoms with Gasteiger partial charge in [-0.25, -0.2) is 0 Å². The van der Waals surface area contributed by atoms with Gasteiger partial charge in [0.2, 0.25) is 5.91 Å². The van der Waals surface area contributed by atoms with Gasteiger partial charge in [0.15, 0.2) is 0 Å². The van der Waals surface area contributed by atoms with Crippen LogP contribution in [0.4, 0.5) is 11.4 Å². The van der Waals surface area contributed by atoms with E-state index < -0.39 is 6.10 Å². The van der Waals surface area contributed by atoms with E-state index in [1.165, 1.54) is 4.88 Å². The molecule has 4 rings (SSSR count). The van der Waals surface area contributed by atoms with Crippen LogP contribution in [0.1, 0.15) is 12.0 Å². The van der Waals surface area contributed by atoms with Crippen LogP contribution in [0.3, 0.4) is 0 Å². The Bertz CT molecular complexity index is 1080. The summed E-state index contributed by atoms with van der Waals surface area (Å²) >= 11 is 1.67. The Hall–Kier alpha value is -3.49. The second-order valence-electron chi connectivity index (χ2n) is 7.12. The molecule has 2 aromatic carbocycles. The molecule has 31 heavy (non-hydrogen) atoms. The number of amides is 2. The number of morpholine rings is 1. The second kappa shape index (κ2) is 9.11. The van der Waals surface area contributed by atoms with E-state index >= 15 is 0 Å². The maximum Gasteiger partial charge on any atom is 0.256 e. The standard InChI is InChI=1S/C23H22N4O3S/c24-22(25)16-3-7-17(8-4-16)26-21(28)14-19-23(29)27(11-12-30-19)18-9-5-15(6-10-18)20-2-1-13-31-20/h1-10,13,19H,11-12,14H2,(H3,24,25)(H,26,28)/t19-/m1/s1. The molecule has 1 saturated heterocycles. The van der Waals surface area contributed by atoms with Crippen LogP contribution in [-0.2, 0) is 14.3 Å². The van der Waals surface area contributed by atoms with Crippen LogP contribution in [0, 0.1) is 5.41 Å². The van der Waals surface area contributed by atoms with E-state index in [-0.39, 0.29) is 24.1 Å². The minimum absolute atomic E-state index is 0.0393. The van der Waals surface area contributed by atoms with Crippen LogP contribution in [0.25, 0.3) is 10.4 Å². The fraction of sp³-hybridized carbons (Fsp3) is 0.174. The van der Waals surface area contributed by atoms with Crippen molar-refractivity contribution in [2.75, 3.05) is 23.4 Å². The molecule has 8 heteroatoms. The number of anilines is 2. The van der Waals surface area contributed by atoms with E-state index in [2.05, 4.69) is 11.4 Å². The quantitative estimate of drug-likeness (QED) is 0.408. The number of hydrogen-bond acceptors (Lipinski definition) is 5. The number of ether oxygens (including phenoxy) is 1. The number of thiophene rings is 1. The van der Waals surface area contributed by atoms with Crippen molar-refractivity contribution in [3.8, 4) is 10.4 Å². The minimum Gasteiger partial charge on any atom is -0.384 e. The topological polar surface area (TPSA) is 109 Å². The van der Waals surface area contributed by atoms with Gasteiger partial charge >= 0.3 is 0 Å². The lowest BCUT2D eigenvalue weighted by Crippen LogP contribution is -2.49. The Labute approximate surface area is 184 Å². The fourth-order valence-electron chi connectivity index (χ4n) is 3.41. The highest BCUT2D eigenvalue weighted by Gasteiger charge is 2.32. The number of hydrogen-bond donors (Lipinski definition) is 3. The SMILES string of the molecule is N=C(N)c1ccc(NC(=O)C[C@H]2OCCN(c3ccc(-c4cccs4)cc3)C2=O)cc1. The molecular formula is C23H22N4O3S. The lowest BCUT2D eigenvalue weighted by atomic mass is 10.1. The molecule has 4 N–H and O–H groups in total. The Balaban J connectivity index is 1.39. The zero-order chi connectivity index (χ0) is 21.8. The first-order valence-electron chi connectivity index (χ1n) is 9.82. The number of rotatable bonds is 6. The Kier molecular flexibility index (Phi) is 6.11. The van der Waals surface area contributed by atoms with Gasteiger partial charge in [-0.3, -0.25) is 15.0 Å². The van der Waals surface area contributed by atoms with Gasteiger partial charge in [-0.2, -0.15) is 0 Å². The largest absolute Gasteiger partial charge is 0.384 e. The number of carbonyl (C=O) groups is 2. The third-order valence-electron chi connectivity index (χ3n) is 5.01. The molecule has 0 saturated carbocycles. The Morgan fingerprint density at radius 2 is 1.90 bits per heavy atom. The van der Waals surface area contributed by atoms with Crippen molar-refractivity contribution in [2.24, 2.45) is 5.73 Å². The molecule has 1 aliphatic heterocycles. The summed E-state index contributed by atoms with van der Waals surface area (Å²) in [5.74, 6) is -0.580. The van der Waals surface area contributed by atoms with Crippen LogP contribution in [0.2, 0.25) is 0 Å². The highest BCUT2D eigenvalue weighted by atomic mass is 32.1. The van der Waals surface area contributed by atoms with Gasteiger partial charge in [-0.15, -0.1) is 11.3 Å². The van der Waals surface area contributed by atoms with Crippen molar-refractivity contribution in [1.29, 1.82) is 5.41 Å². The number of benzene rings is 2. The average molecular weight is 435 g/mol. The smallest absolute Gasteiger partial charge is 0.256 e. The van der Waals surface area contributed by atoms with E-state index in [0.717, 1.165) is 11.3 Å². The van der Waals surface area contributed by atoms with Gasteiger partial charge in [-0.05, 0) is 53.4 Å². The number of carbonyl (C=O) groups excluding carboxylic acids is 2. The second-order valence-corrected chi connectivity index (χ2v) is 8.06. The molecule has 3 aromatic rings. The first-order chi connectivity index (χ1) is 15.0. The van der Waals surface area contributed by atoms with Gasteiger partial charge in [0.05, 0.1) is 13.0 Å². The van der Waals surface area contributed by atoms with Crippen molar-refractivity contribution in [3.63, 3.8) is 0 Å². The Morgan fingerprint density at radius 1 is 1.16 bits per heavy atom. The highest BCUT2D eigenvalue weighted by Crippen LogP contribution is 2.28. The van der Waals surface area contributed by atoms with Crippen molar-refractivity contribution in [2.45, 2.75) is 12.5 Å². The van der Waals surface area contributed by atoms with Gasteiger partial charge < -0.3 is 20.7 Å². The average Bonchev–Trinajstić information content (AvgIpc) is 3.31. The summed E-state index contributed by atoms with van der Waals surface area (Å²) in [5, 5.41) is 12.2. The number of nitrogens with two attached hydrogens (primary N) is 1. The highest BCUT2D eigenvalue weighted by molar-refractivity contribution is 7.13. The first kappa shape index (κ1) is 20.8. The molecule has 1 atom stereocenters. The molecule has 2 heterocycles. The van der Waals surface area contributed by atoms with E-state index in [9.17, 15) is 9.59 Å². The first-order valence-corrected chi connectivity index (χ1v) is 10.7. The summed E-state index contributed by atoms with van der Waals surface area (Å²) in [6.45, 7) is 0.811. The van der Waals surface area contributed by atoms with E-state index in [4.69, 9.17) is 15.9 Å². The third-order valence-corrected chi connectivity index (χ3v) is 5.93. The molecule has 0 aliphatic carbocycles.